The zero-order valence-electron chi connectivity index (χ0n) is 10.2. The van der Waals surface area contributed by atoms with E-state index in [-0.39, 0.29) is 18.4 Å². The second kappa shape index (κ2) is 5.08. The van der Waals surface area contributed by atoms with Crippen LogP contribution in [0.3, 0.4) is 0 Å². The van der Waals surface area contributed by atoms with Gasteiger partial charge < -0.3 is 15.3 Å². The number of hydrogen-bond donors (Lipinski definition) is 2. The fourth-order valence-corrected chi connectivity index (χ4v) is 2.23. The maximum Gasteiger partial charge on any atom is 0.323 e. The van der Waals surface area contributed by atoms with Crippen LogP contribution >= 0.6 is 0 Å². The summed E-state index contributed by atoms with van der Waals surface area (Å²) in [6.07, 6.45) is 0. The number of carboxylic acid groups (broad SMARTS) is 1. The molecule has 0 spiro atoms. The fourth-order valence-electron chi connectivity index (χ4n) is 2.23. The predicted molar refractivity (Wildman–Crippen MR) is 67.6 cm³/mol. The number of rotatable bonds is 4. The van der Waals surface area contributed by atoms with Crippen LogP contribution in [0.4, 0.5) is 5.69 Å². The number of carboxylic acids is 1. The van der Waals surface area contributed by atoms with Crippen LogP contribution in [0.2, 0.25) is 0 Å². The van der Waals surface area contributed by atoms with Gasteiger partial charge in [0.25, 0.3) is 0 Å². The summed E-state index contributed by atoms with van der Waals surface area (Å²) in [5, 5.41) is 12.0. The number of anilines is 1. The van der Waals surface area contributed by atoms with Gasteiger partial charge in [-0.25, -0.2) is 0 Å². The Balaban J connectivity index is 2.17. The van der Waals surface area contributed by atoms with Crippen LogP contribution in [-0.2, 0) is 9.59 Å². The van der Waals surface area contributed by atoms with Gasteiger partial charge in [-0.1, -0.05) is 18.2 Å². The zero-order valence-corrected chi connectivity index (χ0v) is 10.2. The van der Waals surface area contributed by atoms with Crippen molar-refractivity contribution in [1.29, 1.82) is 0 Å². The molecule has 0 fully saturated rings. The molecule has 18 heavy (non-hydrogen) atoms. The van der Waals surface area contributed by atoms with E-state index in [1.165, 1.54) is 4.90 Å². The highest BCUT2D eigenvalue weighted by molar-refractivity contribution is 5.90. The number of hydrogen-bond acceptors (Lipinski definition) is 3. The first-order chi connectivity index (χ1) is 8.63. The molecule has 1 aliphatic rings. The van der Waals surface area contributed by atoms with E-state index in [4.69, 9.17) is 5.11 Å². The summed E-state index contributed by atoms with van der Waals surface area (Å²) in [4.78, 5) is 24.4. The summed E-state index contributed by atoms with van der Waals surface area (Å²) in [5.74, 6) is -1.39. The maximum absolute atomic E-state index is 12.3. The highest BCUT2D eigenvalue weighted by atomic mass is 16.4. The zero-order chi connectivity index (χ0) is 13.1. The largest absolute Gasteiger partial charge is 0.480 e. The first-order valence-corrected chi connectivity index (χ1v) is 5.97. The summed E-state index contributed by atoms with van der Waals surface area (Å²) in [6.45, 7) is 2.49. The number of aliphatic carboxylic acids is 1. The van der Waals surface area contributed by atoms with Gasteiger partial charge in [0.2, 0.25) is 5.91 Å². The highest BCUT2D eigenvalue weighted by Gasteiger charge is 2.31. The summed E-state index contributed by atoms with van der Waals surface area (Å²) in [6, 6.07) is 7.63. The standard InChI is InChI=1S/C13H16N2O3/c1-2-15(8-12(16)17)13(18)10-7-14-11-6-4-3-5-9(10)11/h3-6,10,14H,2,7-8H2,1H3,(H,16,17). The smallest absolute Gasteiger partial charge is 0.323 e. The van der Waals surface area contributed by atoms with Crippen LogP contribution < -0.4 is 5.32 Å². The molecular formula is C13H16N2O3. The number of carbonyl (C=O) groups excluding carboxylic acids is 1. The highest BCUT2D eigenvalue weighted by Crippen LogP contribution is 2.32. The number of nitrogens with one attached hydrogen (secondary N) is 1. The van der Waals surface area contributed by atoms with Gasteiger partial charge in [0.1, 0.15) is 6.54 Å². The summed E-state index contributed by atoms with van der Waals surface area (Å²) in [5.41, 5.74) is 1.91. The molecule has 5 heteroatoms. The second-order valence-corrected chi connectivity index (χ2v) is 4.27. The van der Waals surface area contributed by atoms with Crippen molar-refractivity contribution in [1.82, 2.24) is 4.90 Å². The van der Waals surface area contributed by atoms with Gasteiger partial charge in [0.15, 0.2) is 0 Å². The van der Waals surface area contributed by atoms with E-state index in [1.54, 1.807) is 6.92 Å². The molecule has 1 aliphatic heterocycles. The van der Waals surface area contributed by atoms with Crippen molar-refractivity contribution >= 4 is 17.6 Å². The summed E-state index contributed by atoms with van der Waals surface area (Å²) >= 11 is 0. The third-order valence-electron chi connectivity index (χ3n) is 3.15. The van der Waals surface area contributed by atoms with Gasteiger partial charge >= 0.3 is 5.97 Å². The Labute approximate surface area is 105 Å². The Hall–Kier alpha value is -2.04. The SMILES string of the molecule is CCN(CC(=O)O)C(=O)C1CNc2ccccc21. The molecule has 0 bridgehead atoms. The molecule has 0 radical (unpaired) electrons. The first-order valence-electron chi connectivity index (χ1n) is 5.97. The molecule has 0 aromatic heterocycles. The fraction of sp³-hybridized carbons (Fsp3) is 0.385. The van der Waals surface area contributed by atoms with Gasteiger partial charge in [-0.2, -0.15) is 0 Å². The van der Waals surface area contributed by atoms with E-state index in [0.717, 1.165) is 11.3 Å². The van der Waals surface area contributed by atoms with Crippen molar-refractivity contribution in [2.24, 2.45) is 0 Å². The monoisotopic (exact) mass is 248 g/mol. The maximum atomic E-state index is 12.3. The minimum absolute atomic E-state index is 0.127. The molecule has 1 heterocycles. The van der Waals surface area contributed by atoms with Crippen molar-refractivity contribution < 1.29 is 14.7 Å². The minimum Gasteiger partial charge on any atom is -0.480 e. The molecule has 1 atom stereocenters. The molecule has 96 valence electrons. The number of benzene rings is 1. The molecule has 1 amide bonds. The normalized spacial score (nSPS) is 16.8. The van der Waals surface area contributed by atoms with Crippen molar-refractivity contribution in [3.05, 3.63) is 29.8 Å². The van der Waals surface area contributed by atoms with Crippen molar-refractivity contribution in [2.45, 2.75) is 12.8 Å². The third-order valence-corrected chi connectivity index (χ3v) is 3.15. The van der Waals surface area contributed by atoms with Crippen molar-refractivity contribution in [3.63, 3.8) is 0 Å². The molecule has 2 rings (SSSR count). The molecule has 0 aliphatic carbocycles. The van der Waals surface area contributed by atoms with E-state index in [0.29, 0.717) is 13.1 Å². The lowest BCUT2D eigenvalue weighted by Crippen LogP contribution is -2.39. The lowest BCUT2D eigenvalue weighted by atomic mass is 10.00. The lowest BCUT2D eigenvalue weighted by Gasteiger charge is -2.22. The second-order valence-electron chi connectivity index (χ2n) is 4.27. The Bertz CT molecular complexity index is 473. The van der Waals surface area contributed by atoms with E-state index < -0.39 is 5.97 Å². The molecule has 0 saturated heterocycles. The average molecular weight is 248 g/mol. The van der Waals surface area contributed by atoms with Crippen molar-refractivity contribution in [3.8, 4) is 0 Å². The van der Waals surface area contributed by atoms with E-state index in [2.05, 4.69) is 5.32 Å². The molecule has 1 aromatic carbocycles. The van der Waals surface area contributed by atoms with Gasteiger partial charge in [-0.15, -0.1) is 0 Å². The van der Waals surface area contributed by atoms with Gasteiger partial charge in [0, 0.05) is 18.8 Å². The van der Waals surface area contributed by atoms with E-state index in [9.17, 15) is 9.59 Å². The molecule has 1 unspecified atom stereocenters. The van der Waals surface area contributed by atoms with Crippen molar-refractivity contribution in [2.75, 3.05) is 25.0 Å². The Morgan fingerprint density at radius 2 is 2.17 bits per heavy atom. The number of para-hydroxylation sites is 1. The lowest BCUT2D eigenvalue weighted by molar-refractivity contribution is -0.144. The van der Waals surface area contributed by atoms with Crippen LogP contribution in [0.15, 0.2) is 24.3 Å². The quantitative estimate of drug-likeness (QED) is 0.838. The van der Waals surface area contributed by atoms with Crippen LogP contribution in [-0.4, -0.2) is 41.5 Å². The van der Waals surface area contributed by atoms with Crippen LogP contribution in [0, 0.1) is 0 Å². The topological polar surface area (TPSA) is 69.6 Å². The van der Waals surface area contributed by atoms with Gasteiger partial charge in [-0.3, -0.25) is 9.59 Å². The summed E-state index contributed by atoms with van der Waals surface area (Å²) in [7, 11) is 0. The number of amides is 1. The van der Waals surface area contributed by atoms with Crippen LogP contribution in [0.1, 0.15) is 18.4 Å². The van der Waals surface area contributed by atoms with Crippen LogP contribution in [0.25, 0.3) is 0 Å². The number of carbonyl (C=O) groups is 2. The Kier molecular flexibility index (Phi) is 3.50. The number of likely N-dealkylation sites (N-methyl/N-ethyl adjacent to an activating group) is 1. The third kappa shape index (κ3) is 2.30. The minimum atomic E-state index is -0.982. The average Bonchev–Trinajstić information content (AvgIpc) is 2.78. The molecule has 0 saturated carbocycles. The molecule has 1 aromatic rings. The molecular weight excluding hydrogens is 232 g/mol. The van der Waals surface area contributed by atoms with Crippen LogP contribution in [0.5, 0.6) is 0 Å². The van der Waals surface area contributed by atoms with Gasteiger partial charge in [-0.05, 0) is 18.6 Å². The first kappa shape index (κ1) is 12.4. The number of nitrogens with zero attached hydrogens (tertiary/aromatic N) is 1. The Morgan fingerprint density at radius 1 is 1.44 bits per heavy atom. The summed E-state index contributed by atoms with van der Waals surface area (Å²) < 4.78 is 0. The molecule has 2 N–H and O–H groups in total. The van der Waals surface area contributed by atoms with E-state index >= 15 is 0 Å². The Morgan fingerprint density at radius 3 is 2.83 bits per heavy atom. The molecule has 5 nitrogen and oxygen atoms in total. The van der Waals surface area contributed by atoms with E-state index in [1.807, 2.05) is 24.3 Å². The number of fused-ring (bicyclic) bond motifs is 1. The predicted octanol–water partition coefficient (Wildman–Crippen LogP) is 1.13. The van der Waals surface area contributed by atoms with Gasteiger partial charge in [0.05, 0.1) is 5.92 Å².